The van der Waals surface area contributed by atoms with Gasteiger partial charge in [-0.3, -0.25) is 0 Å². The second-order valence-corrected chi connectivity index (χ2v) is 7.65. The molecule has 0 aromatic heterocycles. The molecule has 0 saturated heterocycles. The van der Waals surface area contributed by atoms with Crippen LogP contribution in [0, 0.1) is 18.6 Å². The van der Waals surface area contributed by atoms with Crippen molar-refractivity contribution in [1.82, 2.24) is 0 Å². The topological polar surface area (TPSA) is 9.23 Å². The molecule has 0 fully saturated rings. The molecule has 1 radical (unpaired) electrons. The van der Waals surface area contributed by atoms with E-state index in [1.807, 2.05) is 0 Å². The second-order valence-electron chi connectivity index (χ2n) is 2.90. The van der Waals surface area contributed by atoms with E-state index in [1.54, 1.807) is 0 Å². The molecular weight excluding hydrogens is 128 g/mol. The Morgan fingerprint density at radius 1 is 1.44 bits per heavy atom. The highest BCUT2D eigenvalue weighted by molar-refractivity contribution is 6.83. The van der Waals surface area contributed by atoms with Gasteiger partial charge in [0.25, 0.3) is 0 Å². The molecule has 51 valence electrons. The Morgan fingerprint density at radius 3 is 2.33 bits per heavy atom. The Kier molecular flexibility index (Phi) is 3.60. The molecule has 9 heavy (non-hydrogen) atoms. The van der Waals surface area contributed by atoms with Crippen LogP contribution in [0.5, 0.6) is 0 Å². The van der Waals surface area contributed by atoms with Crippen LogP contribution in [-0.4, -0.2) is 14.7 Å². The van der Waals surface area contributed by atoms with Gasteiger partial charge in [0, 0.05) is 0 Å². The average Bonchev–Trinajstić information content (AvgIpc) is 1.63. The van der Waals surface area contributed by atoms with Crippen molar-refractivity contribution in [1.29, 1.82) is 0 Å². The monoisotopic (exact) mass is 141 g/mol. The summed E-state index contributed by atoms with van der Waals surface area (Å²) < 4.78 is 4.54. The Balaban J connectivity index is 3.59. The fourth-order valence-electron chi connectivity index (χ4n) is 0.352. The maximum atomic E-state index is 4.54. The highest BCUT2D eigenvalue weighted by Crippen LogP contribution is 1.95. The highest BCUT2D eigenvalue weighted by atomic mass is 28.3. The third-order valence-corrected chi connectivity index (χ3v) is 1.56. The smallest absolute Gasteiger partial charge is 0.129 e. The van der Waals surface area contributed by atoms with Crippen molar-refractivity contribution in [3.63, 3.8) is 0 Å². The molecule has 0 atom stereocenters. The highest BCUT2D eigenvalue weighted by Gasteiger charge is 2.06. The molecule has 0 bridgehead atoms. The summed E-state index contributed by atoms with van der Waals surface area (Å²) in [6, 6.07) is 0. The fourth-order valence-corrected chi connectivity index (χ4v) is 0.955. The van der Waals surface area contributed by atoms with Gasteiger partial charge in [-0.05, 0) is 0 Å². The first kappa shape index (κ1) is 8.74. The van der Waals surface area contributed by atoms with Crippen molar-refractivity contribution in [2.24, 2.45) is 0 Å². The Hall–Kier alpha value is -0.263. The number of ether oxygens (including phenoxy) is 1. The zero-order valence-electron chi connectivity index (χ0n) is 6.32. The predicted molar refractivity (Wildman–Crippen MR) is 42.4 cm³/mol. The normalized spacial score (nSPS) is 10.2. The molecule has 0 aromatic carbocycles. The zero-order valence-corrected chi connectivity index (χ0v) is 7.32. The molecule has 0 aliphatic carbocycles. The summed E-state index contributed by atoms with van der Waals surface area (Å²) in [6.07, 6.45) is 0. The first-order chi connectivity index (χ1) is 4.06. The first-order valence-corrected chi connectivity index (χ1v) is 6.43. The molecule has 0 unspecified atom stereocenters. The summed E-state index contributed by atoms with van der Waals surface area (Å²) in [5, 5.41) is 0. The largest absolute Gasteiger partial charge is 0.366 e. The average molecular weight is 141 g/mol. The van der Waals surface area contributed by atoms with Crippen molar-refractivity contribution in [2.45, 2.75) is 19.6 Å². The quantitative estimate of drug-likeness (QED) is 0.399. The summed E-state index contributed by atoms with van der Waals surface area (Å²) in [4.78, 5) is 0. The van der Waals surface area contributed by atoms with Crippen molar-refractivity contribution in [3.05, 3.63) is 7.11 Å². The first-order valence-electron chi connectivity index (χ1n) is 2.93. The van der Waals surface area contributed by atoms with Crippen LogP contribution in [-0.2, 0) is 4.74 Å². The van der Waals surface area contributed by atoms with Gasteiger partial charge < -0.3 is 4.74 Å². The van der Waals surface area contributed by atoms with Crippen LogP contribution in [0.15, 0.2) is 0 Å². The van der Waals surface area contributed by atoms with Crippen LogP contribution in [0.1, 0.15) is 0 Å². The van der Waals surface area contributed by atoms with E-state index >= 15 is 0 Å². The number of rotatable bonds is 1. The van der Waals surface area contributed by atoms with Gasteiger partial charge in [-0.15, -0.1) is 5.54 Å². The molecule has 0 aliphatic heterocycles. The second kappa shape index (κ2) is 3.70. The summed E-state index contributed by atoms with van der Waals surface area (Å²) >= 11 is 0. The SMILES string of the molecule is [CH2]OCC#C[Si](C)(C)C. The maximum Gasteiger partial charge on any atom is 0.129 e. The van der Waals surface area contributed by atoms with E-state index in [1.165, 1.54) is 0 Å². The van der Waals surface area contributed by atoms with E-state index in [0.29, 0.717) is 6.61 Å². The molecule has 0 aromatic rings. The molecule has 0 N–H and O–H groups in total. The van der Waals surface area contributed by atoms with E-state index in [9.17, 15) is 0 Å². The van der Waals surface area contributed by atoms with Crippen molar-refractivity contribution < 1.29 is 4.74 Å². The molecular formula is C7H13OSi. The van der Waals surface area contributed by atoms with Gasteiger partial charge in [-0.2, -0.15) is 0 Å². The van der Waals surface area contributed by atoms with Crippen LogP contribution in [0.25, 0.3) is 0 Å². The van der Waals surface area contributed by atoms with Gasteiger partial charge in [-0.25, -0.2) is 0 Å². The molecule has 1 nitrogen and oxygen atoms in total. The van der Waals surface area contributed by atoms with E-state index in [-0.39, 0.29) is 0 Å². The lowest BCUT2D eigenvalue weighted by atomic mass is 10.8. The van der Waals surface area contributed by atoms with Gasteiger partial charge in [-0.1, -0.05) is 25.6 Å². The molecule has 0 heterocycles. The maximum absolute atomic E-state index is 4.54. The van der Waals surface area contributed by atoms with Gasteiger partial charge >= 0.3 is 0 Å². The van der Waals surface area contributed by atoms with Gasteiger partial charge in [0.05, 0.1) is 7.11 Å². The Morgan fingerprint density at radius 2 is 2.00 bits per heavy atom. The van der Waals surface area contributed by atoms with E-state index in [2.05, 4.69) is 43.0 Å². The molecule has 0 saturated carbocycles. The van der Waals surface area contributed by atoms with Crippen LogP contribution < -0.4 is 0 Å². The number of hydrogen-bond donors (Lipinski definition) is 0. The van der Waals surface area contributed by atoms with Crippen LogP contribution in [0.2, 0.25) is 19.6 Å². The summed E-state index contributed by atoms with van der Waals surface area (Å²) in [6.45, 7) is 7.06. The van der Waals surface area contributed by atoms with Gasteiger partial charge in [0.1, 0.15) is 14.7 Å². The molecule has 0 amide bonds. The van der Waals surface area contributed by atoms with Crippen molar-refractivity contribution in [2.75, 3.05) is 6.61 Å². The van der Waals surface area contributed by atoms with Gasteiger partial charge in [0.2, 0.25) is 0 Å². The van der Waals surface area contributed by atoms with E-state index in [0.717, 1.165) is 0 Å². The Labute approximate surface area is 58.4 Å². The lowest BCUT2D eigenvalue weighted by Gasteiger charge is -2.02. The van der Waals surface area contributed by atoms with Crippen LogP contribution in [0.4, 0.5) is 0 Å². The molecule has 2 heteroatoms. The van der Waals surface area contributed by atoms with Crippen LogP contribution in [0.3, 0.4) is 0 Å². The third-order valence-electron chi connectivity index (χ3n) is 0.638. The summed E-state index contributed by atoms with van der Waals surface area (Å²) in [7, 11) is 2.05. The minimum atomic E-state index is -1.16. The lowest BCUT2D eigenvalue weighted by Crippen LogP contribution is -2.16. The van der Waals surface area contributed by atoms with E-state index in [4.69, 9.17) is 0 Å². The summed E-state index contributed by atoms with van der Waals surface area (Å²) in [5.74, 6) is 2.90. The fraction of sp³-hybridized carbons (Fsp3) is 0.571. The zero-order chi connectivity index (χ0) is 7.33. The minimum Gasteiger partial charge on any atom is -0.366 e. The number of hydrogen-bond acceptors (Lipinski definition) is 1. The van der Waals surface area contributed by atoms with Gasteiger partial charge in [0.15, 0.2) is 0 Å². The molecule has 0 spiro atoms. The van der Waals surface area contributed by atoms with Crippen LogP contribution >= 0.6 is 0 Å². The minimum absolute atomic E-state index is 0.463. The lowest BCUT2D eigenvalue weighted by molar-refractivity contribution is 0.288. The predicted octanol–water partition coefficient (Wildman–Crippen LogP) is 1.68. The standard InChI is InChI=1S/C7H13OSi/c1-8-6-5-7-9(2,3)4/h1,6H2,2-4H3. The van der Waals surface area contributed by atoms with Crippen molar-refractivity contribution >= 4 is 8.07 Å². The molecule has 0 aliphatic rings. The summed E-state index contributed by atoms with van der Waals surface area (Å²) in [5.41, 5.74) is 3.15. The van der Waals surface area contributed by atoms with E-state index < -0.39 is 8.07 Å². The Bertz CT molecular complexity index is 124. The van der Waals surface area contributed by atoms with Crippen molar-refractivity contribution in [3.8, 4) is 11.5 Å². The third kappa shape index (κ3) is 7.74. The molecule has 0 rings (SSSR count).